The standard InChI is InChI=1S/C13H19BrN2O/c1-8-3-4-11(5-9(8)2)16-13(17)12-6-10(14)7-15-12/h6-9,11,15H,3-5H2,1-2H3,(H,16,17). The highest BCUT2D eigenvalue weighted by atomic mass is 79.9. The first-order valence-electron chi connectivity index (χ1n) is 6.21. The van der Waals surface area contributed by atoms with Crippen molar-refractivity contribution >= 4 is 21.8 Å². The van der Waals surface area contributed by atoms with Crippen LogP contribution in [-0.2, 0) is 0 Å². The first-order valence-corrected chi connectivity index (χ1v) is 7.00. The van der Waals surface area contributed by atoms with Gasteiger partial charge in [0.2, 0.25) is 0 Å². The van der Waals surface area contributed by atoms with Gasteiger partial charge in [-0.15, -0.1) is 0 Å². The minimum Gasteiger partial charge on any atom is -0.356 e. The molecule has 1 aliphatic carbocycles. The van der Waals surface area contributed by atoms with Gasteiger partial charge >= 0.3 is 0 Å². The molecular formula is C13H19BrN2O. The number of carbonyl (C=O) groups excluding carboxylic acids is 1. The third-order valence-corrected chi connectivity index (χ3v) is 4.28. The summed E-state index contributed by atoms with van der Waals surface area (Å²) in [6.07, 6.45) is 5.18. The predicted molar refractivity (Wildman–Crippen MR) is 71.9 cm³/mol. The molecule has 1 saturated carbocycles. The second-order valence-electron chi connectivity index (χ2n) is 5.17. The molecule has 3 nitrogen and oxygen atoms in total. The molecule has 0 aliphatic heterocycles. The minimum atomic E-state index is 0.00227. The van der Waals surface area contributed by atoms with Crippen molar-refractivity contribution in [1.29, 1.82) is 0 Å². The Morgan fingerprint density at radius 1 is 1.41 bits per heavy atom. The highest BCUT2D eigenvalue weighted by molar-refractivity contribution is 9.10. The summed E-state index contributed by atoms with van der Waals surface area (Å²) in [5.41, 5.74) is 0.628. The van der Waals surface area contributed by atoms with Crippen molar-refractivity contribution in [3.63, 3.8) is 0 Å². The zero-order valence-electron chi connectivity index (χ0n) is 10.3. The number of amides is 1. The fourth-order valence-electron chi connectivity index (χ4n) is 2.44. The van der Waals surface area contributed by atoms with E-state index in [2.05, 4.69) is 40.1 Å². The normalized spacial score (nSPS) is 29.0. The van der Waals surface area contributed by atoms with Gasteiger partial charge in [0.25, 0.3) is 5.91 Å². The highest BCUT2D eigenvalue weighted by Crippen LogP contribution is 2.29. The second kappa shape index (κ2) is 5.25. The monoisotopic (exact) mass is 298 g/mol. The van der Waals surface area contributed by atoms with E-state index in [-0.39, 0.29) is 5.91 Å². The van der Waals surface area contributed by atoms with E-state index in [0.29, 0.717) is 17.7 Å². The number of H-pyrrole nitrogens is 1. The van der Waals surface area contributed by atoms with Gasteiger partial charge in [-0.25, -0.2) is 0 Å². The van der Waals surface area contributed by atoms with Crippen molar-refractivity contribution in [2.75, 3.05) is 0 Å². The maximum Gasteiger partial charge on any atom is 0.267 e. The highest BCUT2D eigenvalue weighted by Gasteiger charge is 2.25. The van der Waals surface area contributed by atoms with Crippen LogP contribution >= 0.6 is 15.9 Å². The van der Waals surface area contributed by atoms with Crippen LogP contribution in [0.1, 0.15) is 43.6 Å². The zero-order chi connectivity index (χ0) is 12.4. The molecule has 1 aromatic rings. The van der Waals surface area contributed by atoms with Crippen LogP contribution in [-0.4, -0.2) is 16.9 Å². The predicted octanol–water partition coefficient (Wildman–Crippen LogP) is 3.33. The maximum absolute atomic E-state index is 12.0. The molecule has 1 heterocycles. The lowest BCUT2D eigenvalue weighted by atomic mass is 9.79. The molecule has 0 saturated heterocycles. The van der Waals surface area contributed by atoms with Gasteiger partial charge in [0, 0.05) is 16.7 Å². The summed E-state index contributed by atoms with van der Waals surface area (Å²) in [7, 11) is 0. The van der Waals surface area contributed by atoms with Gasteiger partial charge < -0.3 is 10.3 Å². The number of halogens is 1. The van der Waals surface area contributed by atoms with E-state index in [0.717, 1.165) is 23.2 Å². The van der Waals surface area contributed by atoms with Crippen molar-refractivity contribution in [2.45, 2.75) is 39.2 Å². The molecule has 2 N–H and O–H groups in total. The number of rotatable bonds is 2. The average Bonchev–Trinajstić information content (AvgIpc) is 2.70. The van der Waals surface area contributed by atoms with Gasteiger partial charge in [0.15, 0.2) is 0 Å². The summed E-state index contributed by atoms with van der Waals surface area (Å²) in [6.45, 7) is 4.57. The van der Waals surface area contributed by atoms with Crippen molar-refractivity contribution < 1.29 is 4.79 Å². The molecule has 0 aromatic carbocycles. The summed E-state index contributed by atoms with van der Waals surface area (Å²) in [5.74, 6) is 1.48. The van der Waals surface area contributed by atoms with Crippen LogP contribution < -0.4 is 5.32 Å². The molecule has 0 spiro atoms. The Morgan fingerprint density at radius 2 is 2.18 bits per heavy atom. The van der Waals surface area contributed by atoms with Crippen LogP contribution in [0.25, 0.3) is 0 Å². The summed E-state index contributed by atoms with van der Waals surface area (Å²) in [6, 6.07) is 2.14. The Labute approximate surface area is 110 Å². The number of hydrogen-bond acceptors (Lipinski definition) is 1. The van der Waals surface area contributed by atoms with Crippen LogP contribution in [0.4, 0.5) is 0 Å². The lowest BCUT2D eigenvalue weighted by Gasteiger charge is -2.32. The van der Waals surface area contributed by atoms with Crippen LogP contribution in [0.5, 0.6) is 0 Å². The molecule has 3 atom stereocenters. The Kier molecular flexibility index (Phi) is 3.92. The maximum atomic E-state index is 12.0. The van der Waals surface area contributed by atoms with Crippen molar-refractivity contribution in [1.82, 2.24) is 10.3 Å². The quantitative estimate of drug-likeness (QED) is 0.864. The third kappa shape index (κ3) is 3.12. The molecule has 2 rings (SSSR count). The number of aromatic amines is 1. The Bertz CT molecular complexity index is 402. The topological polar surface area (TPSA) is 44.9 Å². The minimum absolute atomic E-state index is 0.00227. The van der Waals surface area contributed by atoms with Gasteiger partial charge in [-0.05, 0) is 53.1 Å². The van der Waals surface area contributed by atoms with E-state index in [9.17, 15) is 4.79 Å². The number of aromatic nitrogens is 1. The van der Waals surface area contributed by atoms with Crippen LogP contribution in [0.15, 0.2) is 16.7 Å². The molecule has 3 unspecified atom stereocenters. The SMILES string of the molecule is CC1CCC(NC(=O)c2cc(Br)c[nH]2)CC1C. The van der Waals surface area contributed by atoms with Gasteiger partial charge in [0.05, 0.1) is 0 Å². The molecule has 94 valence electrons. The largest absolute Gasteiger partial charge is 0.356 e. The van der Waals surface area contributed by atoms with E-state index in [4.69, 9.17) is 0 Å². The van der Waals surface area contributed by atoms with E-state index in [1.807, 2.05) is 6.07 Å². The average molecular weight is 299 g/mol. The van der Waals surface area contributed by atoms with Gasteiger partial charge in [-0.1, -0.05) is 13.8 Å². The fourth-order valence-corrected chi connectivity index (χ4v) is 2.78. The Morgan fingerprint density at radius 3 is 2.76 bits per heavy atom. The lowest BCUT2D eigenvalue weighted by molar-refractivity contribution is 0.0906. The molecule has 17 heavy (non-hydrogen) atoms. The number of hydrogen-bond donors (Lipinski definition) is 2. The van der Waals surface area contributed by atoms with E-state index >= 15 is 0 Å². The smallest absolute Gasteiger partial charge is 0.267 e. The Balaban J connectivity index is 1.91. The van der Waals surface area contributed by atoms with Gasteiger partial charge in [-0.2, -0.15) is 0 Å². The Hall–Kier alpha value is -0.770. The molecule has 0 radical (unpaired) electrons. The third-order valence-electron chi connectivity index (χ3n) is 3.83. The van der Waals surface area contributed by atoms with Crippen LogP contribution in [0, 0.1) is 11.8 Å². The molecule has 1 aromatic heterocycles. The van der Waals surface area contributed by atoms with E-state index in [1.54, 1.807) is 6.20 Å². The van der Waals surface area contributed by atoms with Crippen molar-refractivity contribution in [2.24, 2.45) is 11.8 Å². The number of nitrogens with one attached hydrogen (secondary N) is 2. The van der Waals surface area contributed by atoms with Crippen molar-refractivity contribution in [3.8, 4) is 0 Å². The fraction of sp³-hybridized carbons (Fsp3) is 0.615. The molecule has 0 bridgehead atoms. The van der Waals surface area contributed by atoms with Gasteiger partial charge in [-0.3, -0.25) is 4.79 Å². The molecular weight excluding hydrogens is 280 g/mol. The summed E-state index contributed by atoms with van der Waals surface area (Å²) >= 11 is 3.33. The molecule has 1 amide bonds. The molecule has 4 heteroatoms. The summed E-state index contributed by atoms with van der Waals surface area (Å²) < 4.78 is 0.910. The summed E-state index contributed by atoms with van der Waals surface area (Å²) in [5, 5.41) is 3.11. The van der Waals surface area contributed by atoms with E-state index < -0.39 is 0 Å². The lowest BCUT2D eigenvalue weighted by Crippen LogP contribution is -2.39. The first-order chi connectivity index (χ1) is 8.06. The summed E-state index contributed by atoms with van der Waals surface area (Å²) in [4.78, 5) is 14.9. The molecule has 1 fully saturated rings. The van der Waals surface area contributed by atoms with Crippen LogP contribution in [0.2, 0.25) is 0 Å². The first kappa shape index (κ1) is 12.7. The molecule has 1 aliphatic rings. The van der Waals surface area contributed by atoms with Crippen molar-refractivity contribution in [3.05, 3.63) is 22.4 Å². The van der Waals surface area contributed by atoms with E-state index in [1.165, 1.54) is 6.42 Å². The number of carbonyl (C=O) groups is 1. The second-order valence-corrected chi connectivity index (χ2v) is 6.09. The van der Waals surface area contributed by atoms with Gasteiger partial charge in [0.1, 0.15) is 5.69 Å². The van der Waals surface area contributed by atoms with Crippen LogP contribution in [0.3, 0.4) is 0 Å². The zero-order valence-corrected chi connectivity index (χ0v) is 11.9.